The zero-order valence-electron chi connectivity index (χ0n) is 12.5. The van der Waals surface area contributed by atoms with Gasteiger partial charge in [-0.15, -0.1) is 0 Å². The summed E-state index contributed by atoms with van der Waals surface area (Å²) in [7, 11) is 0. The first kappa shape index (κ1) is 15.9. The fourth-order valence-corrected chi connectivity index (χ4v) is 2.50. The van der Waals surface area contributed by atoms with Gasteiger partial charge in [-0.2, -0.15) is 0 Å². The van der Waals surface area contributed by atoms with Crippen LogP contribution in [0.15, 0.2) is 16.3 Å². The summed E-state index contributed by atoms with van der Waals surface area (Å²) in [5.41, 5.74) is 7.99. The van der Waals surface area contributed by atoms with E-state index in [1.807, 2.05) is 20.8 Å². The third-order valence-corrected chi connectivity index (χ3v) is 4.36. The predicted octanol–water partition coefficient (Wildman–Crippen LogP) is 3.25. The van der Waals surface area contributed by atoms with Gasteiger partial charge in [0.05, 0.1) is 5.92 Å². The molecule has 0 radical (unpaired) electrons. The molecule has 4 heteroatoms. The summed E-state index contributed by atoms with van der Waals surface area (Å²) in [5, 5.41) is 0. The van der Waals surface area contributed by atoms with Gasteiger partial charge in [0.2, 0.25) is 5.91 Å². The number of amides is 1. The van der Waals surface area contributed by atoms with E-state index < -0.39 is 6.17 Å². The van der Waals surface area contributed by atoms with E-state index in [1.54, 1.807) is 13.8 Å². The number of primary amides is 1. The zero-order valence-corrected chi connectivity index (χ0v) is 12.5. The highest BCUT2D eigenvalue weighted by atomic mass is 19.1. The van der Waals surface area contributed by atoms with Crippen molar-refractivity contribution in [1.82, 2.24) is 0 Å². The third kappa shape index (κ3) is 3.88. The van der Waals surface area contributed by atoms with Crippen LogP contribution in [-0.2, 0) is 4.79 Å². The number of carbonyl (C=O) groups excluding carboxylic acids is 1. The maximum absolute atomic E-state index is 13.6. The van der Waals surface area contributed by atoms with Crippen molar-refractivity contribution in [3.8, 4) is 0 Å². The summed E-state index contributed by atoms with van der Waals surface area (Å²) in [6, 6.07) is 0. The Morgan fingerprint density at radius 3 is 2.32 bits per heavy atom. The molecule has 1 fully saturated rings. The molecular formula is C15H25FN2O. The van der Waals surface area contributed by atoms with Gasteiger partial charge in [-0.1, -0.05) is 6.92 Å². The van der Waals surface area contributed by atoms with Crippen LogP contribution in [0.25, 0.3) is 0 Å². The number of carbonyl (C=O) groups is 1. The van der Waals surface area contributed by atoms with Gasteiger partial charge in [0, 0.05) is 11.4 Å². The van der Waals surface area contributed by atoms with Crippen LogP contribution < -0.4 is 5.73 Å². The molecule has 2 N–H and O–H groups in total. The first-order valence-corrected chi connectivity index (χ1v) is 6.90. The lowest BCUT2D eigenvalue weighted by Gasteiger charge is -2.13. The van der Waals surface area contributed by atoms with Gasteiger partial charge in [0.25, 0.3) is 0 Å². The quantitative estimate of drug-likeness (QED) is 0.782. The Hall–Kier alpha value is -1.19. The molecule has 1 amide bonds. The first-order valence-electron chi connectivity index (χ1n) is 6.90. The molecule has 0 saturated heterocycles. The molecule has 0 aliphatic heterocycles. The van der Waals surface area contributed by atoms with Gasteiger partial charge in [-0.25, -0.2) is 4.39 Å². The van der Waals surface area contributed by atoms with Crippen LogP contribution in [0.2, 0.25) is 0 Å². The maximum atomic E-state index is 13.6. The molecule has 0 aromatic rings. The number of rotatable bonds is 4. The van der Waals surface area contributed by atoms with E-state index >= 15 is 0 Å². The van der Waals surface area contributed by atoms with Gasteiger partial charge in [0.15, 0.2) is 0 Å². The predicted molar refractivity (Wildman–Crippen MR) is 76.6 cm³/mol. The van der Waals surface area contributed by atoms with Crippen molar-refractivity contribution in [3.63, 3.8) is 0 Å². The molecule has 0 bridgehead atoms. The molecule has 3 nitrogen and oxygen atoms in total. The summed E-state index contributed by atoms with van der Waals surface area (Å²) in [6.45, 7) is 9.44. The number of nitrogens with two attached hydrogens (primary N) is 1. The average Bonchev–Trinajstić information content (AvgIpc) is 2.67. The van der Waals surface area contributed by atoms with Gasteiger partial charge >= 0.3 is 0 Å². The van der Waals surface area contributed by atoms with Crippen LogP contribution in [0.5, 0.6) is 0 Å². The van der Waals surface area contributed by atoms with Crippen LogP contribution in [0.3, 0.4) is 0 Å². The highest BCUT2D eigenvalue weighted by Gasteiger charge is 2.32. The van der Waals surface area contributed by atoms with Gasteiger partial charge in [-0.3, -0.25) is 9.79 Å². The van der Waals surface area contributed by atoms with Crippen molar-refractivity contribution in [1.29, 1.82) is 0 Å². The maximum Gasteiger partial charge on any atom is 0.225 e. The number of allylic oxidation sites excluding steroid dienone is 2. The van der Waals surface area contributed by atoms with E-state index in [0.29, 0.717) is 12.1 Å². The molecule has 4 atom stereocenters. The van der Waals surface area contributed by atoms with Crippen LogP contribution in [-0.4, -0.2) is 17.8 Å². The lowest BCUT2D eigenvalue weighted by molar-refractivity contribution is -0.119. The van der Waals surface area contributed by atoms with Crippen LogP contribution >= 0.6 is 0 Å². The second kappa shape index (κ2) is 6.31. The van der Waals surface area contributed by atoms with Crippen molar-refractivity contribution >= 4 is 11.6 Å². The molecule has 108 valence electrons. The van der Waals surface area contributed by atoms with Crippen LogP contribution in [0, 0.1) is 17.8 Å². The standard InChI is InChI=1S/C15H25FN2O/c1-8-6-13(7-14(8)16)9(2)11(4)18-12(5)10(3)15(17)19/h8,10,13-14H,6-7H2,1-5H3,(H2,17,19)/b11-9+,18-12?/t8-,10?,13?,14+/m1/s1. The van der Waals surface area contributed by atoms with E-state index in [9.17, 15) is 9.18 Å². The molecule has 0 spiro atoms. The first-order chi connectivity index (χ1) is 8.73. The third-order valence-electron chi connectivity index (χ3n) is 4.36. The van der Waals surface area contributed by atoms with Gasteiger partial charge in [-0.05, 0) is 57.9 Å². The minimum absolute atomic E-state index is 0.127. The molecule has 1 aliphatic rings. The van der Waals surface area contributed by atoms with Crippen molar-refractivity contribution in [2.45, 2.75) is 53.6 Å². The average molecular weight is 268 g/mol. The molecule has 1 rings (SSSR count). The molecular weight excluding hydrogens is 243 g/mol. The number of alkyl halides is 1. The Kier molecular flexibility index (Phi) is 5.27. The molecule has 1 saturated carbocycles. The zero-order chi connectivity index (χ0) is 14.7. The normalized spacial score (nSPS) is 31.1. The summed E-state index contributed by atoms with van der Waals surface area (Å²) >= 11 is 0. The fourth-order valence-electron chi connectivity index (χ4n) is 2.50. The molecule has 0 heterocycles. The SMILES string of the molecule is CC(=N/C(C)=C(\C)C1C[C@@H](C)[C@@H](F)C1)C(C)C(N)=O. The second-order valence-corrected chi connectivity index (χ2v) is 5.81. The lowest BCUT2D eigenvalue weighted by Crippen LogP contribution is -2.26. The summed E-state index contributed by atoms with van der Waals surface area (Å²) < 4.78 is 13.6. The number of hydrogen-bond donors (Lipinski definition) is 1. The van der Waals surface area contributed by atoms with E-state index in [-0.39, 0.29) is 23.7 Å². The Balaban J connectivity index is 2.85. The molecule has 0 aromatic heterocycles. The Morgan fingerprint density at radius 2 is 1.89 bits per heavy atom. The van der Waals surface area contributed by atoms with Crippen molar-refractivity contribution in [2.75, 3.05) is 0 Å². The summed E-state index contributed by atoms with van der Waals surface area (Å²) in [6.07, 6.45) is 0.761. The molecule has 0 aromatic carbocycles. The summed E-state index contributed by atoms with van der Waals surface area (Å²) in [4.78, 5) is 15.6. The lowest BCUT2D eigenvalue weighted by atomic mass is 9.96. The van der Waals surface area contributed by atoms with Crippen molar-refractivity contribution in [2.24, 2.45) is 28.5 Å². The summed E-state index contributed by atoms with van der Waals surface area (Å²) in [5.74, 6) is -0.336. The van der Waals surface area contributed by atoms with Gasteiger partial charge in [0.1, 0.15) is 6.17 Å². The van der Waals surface area contributed by atoms with E-state index in [4.69, 9.17) is 5.73 Å². The number of aliphatic imine (C=N–C) groups is 1. The second-order valence-electron chi connectivity index (χ2n) is 5.81. The van der Waals surface area contributed by atoms with Crippen LogP contribution in [0.4, 0.5) is 4.39 Å². The van der Waals surface area contributed by atoms with E-state index in [1.165, 1.54) is 0 Å². The van der Waals surface area contributed by atoms with Gasteiger partial charge < -0.3 is 5.73 Å². The fraction of sp³-hybridized carbons (Fsp3) is 0.733. The molecule has 2 unspecified atom stereocenters. The highest BCUT2D eigenvalue weighted by Crippen LogP contribution is 2.38. The Morgan fingerprint density at radius 1 is 1.32 bits per heavy atom. The minimum Gasteiger partial charge on any atom is -0.369 e. The highest BCUT2D eigenvalue weighted by molar-refractivity contribution is 6.02. The largest absolute Gasteiger partial charge is 0.369 e. The number of nitrogens with zero attached hydrogens (tertiary/aromatic N) is 1. The van der Waals surface area contributed by atoms with Crippen molar-refractivity contribution in [3.05, 3.63) is 11.3 Å². The number of halogens is 1. The van der Waals surface area contributed by atoms with Crippen molar-refractivity contribution < 1.29 is 9.18 Å². The van der Waals surface area contributed by atoms with E-state index in [0.717, 1.165) is 17.7 Å². The Labute approximate surface area is 115 Å². The number of hydrogen-bond acceptors (Lipinski definition) is 2. The molecule has 1 aliphatic carbocycles. The van der Waals surface area contributed by atoms with E-state index in [2.05, 4.69) is 4.99 Å². The molecule has 19 heavy (non-hydrogen) atoms. The minimum atomic E-state index is -0.706. The monoisotopic (exact) mass is 268 g/mol. The topological polar surface area (TPSA) is 55.4 Å². The Bertz CT molecular complexity index is 404. The van der Waals surface area contributed by atoms with Crippen LogP contribution in [0.1, 0.15) is 47.5 Å². The smallest absolute Gasteiger partial charge is 0.225 e.